The summed E-state index contributed by atoms with van der Waals surface area (Å²) >= 11 is 5.98. The zero-order valence-corrected chi connectivity index (χ0v) is 24.9. The number of carbonyl (C=O) groups is 3. The number of amides is 2. The van der Waals surface area contributed by atoms with E-state index in [-0.39, 0.29) is 32.5 Å². The summed E-state index contributed by atoms with van der Waals surface area (Å²) in [5.41, 5.74) is 1.42. The van der Waals surface area contributed by atoms with Gasteiger partial charge in [-0.2, -0.15) is 0 Å². The lowest BCUT2D eigenvalue weighted by atomic mass is 9.79. The van der Waals surface area contributed by atoms with Gasteiger partial charge in [-0.1, -0.05) is 72.8 Å². The third-order valence-corrected chi connectivity index (χ3v) is 6.92. The van der Waals surface area contributed by atoms with Crippen molar-refractivity contribution >= 4 is 35.3 Å². The lowest BCUT2D eigenvalue weighted by molar-refractivity contribution is -0.149. The summed E-state index contributed by atoms with van der Waals surface area (Å²) in [6.45, 7) is 11.4. The van der Waals surface area contributed by atoms with Crippen molar-refractivity contribution in [3.8, 4) is 0 Å². The number of hydrogen-bond donors (Lipinski definition) is 2. The SMILES string of the molecule is C=C(C=C(C)Cl)c1ccc(CC(CC2(C(=O)O)CCN(C(=O)OCc3ccccc3)C2)NC(=O)OC(C)(C)C)cc1. The minimum absolute atomic E-state index is 0.0225. The Morgan fingerprint density at radius 1 is 1.12 bits per heavy atom. The van der Waals surface area contributed by atoms with E-state index in [1.54, 1.807) is 33.8 Å². The standard InChI is InChI=1S/C32H39ClN2O6/c1-22(17-23(2)33)26-13-11-24(12-14-26)18-27(34-29(38)41-31(3,4)5)19-32(28(36)37)15-16-35(21-32)30(39)40-20-25-9-7-6-8-10-25/h6-14,17,27H,1,15-16,18-21H2,2-5H3,(H,34,38)(H,36,37). The molecule has 1 fully saturated rings. The van der Waals surface area contributed by atoms with Crippen LogP contribution >= 0.6 is 11.6 Å². The van der Waals surface area contributed by atoms with Crippen molar-refractivity contribution in [2.75, 3.05) is 13.1 Å². The van der Waals surface area contributed by atoms with E-state index in [0.717, 1.165) is 22.3 Å². The fraction of sp³-hybridized carbons (Fsp3) is 0.406. The molecule has 0 aromatic heterocycles. The largest absolute Gasteiger partial charge is 0.481 e. The molecule has 2 unspecified atom stereocenters. The molecular weight excluding hydrogens is 544 g/mol. The van der Waals surface area contributed by atoms with Crippen molar-refractivity contribution in [2.45, 2.75) is 65.2 Å². The molecule has 0 spiro atoms. The summed E-state index contributed by atoms with van der Waals surface area (Å²) in [5.74, 6) is -1.03. The van der Waals surface area contributed by atoms with Crippen LogP contribution in [0.15, 0.2) is 72.3 Å². The number of carboxylic acids is 1. The molecule has 9 heteroatoms. The van der Waals surface area contributed by atoms with Crippen LogP contribution in [0.4, 0.5) is 9.59 Å². The second-order valence-corrected chi connectivity index (χ2v) is 12.1. The van der Waals surface area contributed by atoms with Crippen LogP contribution in [-0.2, 0) is 27.3 Å². The number of nitrogens with one attached hydrogen (secondary N) is 1. The van der Waals surface area contributed by atoms with E-state index < -0.39 is 35.2 Å². The number of aliphatic carboxylic acids is 1. The Labute approximate surface area is 247 Å². The van der Waals surface area contributed by atoms with Crippen molar-refractivity contribution in [3.63, 3.8) is 0 Å². The average molecular weight is 583 g/mol. The molecule has 2 N–H and O–H groups in total. The van der Waals surface area contributed by atoms with Crippen molar-refractivity contribution in [1.29, 1.82) is 0 Å². The zero-order chi connectivity index (χ0) is 30.2. The summed E-state index contributed by atoms with van der Waals surface area (Å²) in [5, 5.41) is 13.8. The van der Waals surface area contributed by atoms with Crippen molar-refractivity contribution in [2.24, 2.45) is 5.41 Å². The van der Waals surface area contributed by atoms with Gasteiger partial charge in [0, 0.05) is 24.2 Å². The molecule has 0 aliphatic carbocycles. The minimum Gasteiger partial charge on any atom is -0.481 e. The first kappa shape index (κ1) is 31.7. The highest BCUT2D eigenvalue weighted by molar-refractivity contribution is 6.29. The Kier molecular flexibility index (Phi) is 10.6. The van der Waals surface area contributed by atoms with Gasteiger partial charge in [0.05, 0.1) is 5.41 Å². The van der Waals surface area contributed by atoms with E-state index in [1.807, 2.05) is 54.6 Å². The molecular formula is C32H39ClN2O6. The van der Waals surface area contributed by atoms with Crippen LogP contribution in [0.3, 0.4) is 0 Å². The predicted molar refractivity (Wildman–Crippen MR) is 159 cm³/mol. The molecule has 41 heavy (non-hydrogen) atoms. The molecule has 3 rings (SSSR count). The van der Waals surface area contributed by atoms with Crippen LogP contribution < -0.4 is 5.32 Å². The molecule has 1 saturated heterocycles. The maximum Gasteiger partial charge on any atom is 0.410 e. The van der Waals surface area contributed by atoms with Gasteiger partial charge in [-0.15, -0.1) is 0 Å². The van der Waals surface area contributed by atoms with Gasteiger partial charge >= 0.3 is 18.2 Å². The maximum atomic E-state index is 12.8. The fourth-order valence-corrected chi connectivity index (χ4v) is 4.98. The normalized spacial score (nSPS) is 18.0. The van der Waals surface area contributed by atoms with E-state index in [1.165, 1.54) is 4.90 Å². The number of ether oxygens (including phenoxy) is 2. The van der Waals surface area contributed by atoms with Gasteiger partial charge in [-0.3, -0.25) is 4.79 Å². The quantitative estimate of drug-likeness (QED) is 0.299. The average Bonchev–Trinajstić information content (AvgIpc) is 3.32. The number of benzene rings is 2. The molecule has 1 heterocycles. The van der Waals surface area contributed by atoms with Crippen LogP contribution in [0, 0.1) is 5.41 Å². The Morgan fingerprint density at radius 2 is 1.78 bits per heavy atom. The number of carboxylic acid groups (broad SMARTS) is 1. The van der Waals surface area contributed by atoms with Crippen molar-refractivity contribution < 1.29 is 29.0 Å². The highest BCUT2D eigenvalue weighted by Gasteiger charge is 2.48. The van der Waals surface area contributed by atoms with Crippen LogP contribution in [0.1, 0.15) is 57.2 Å². The monoisotopic (exact) mass is 582 g/mol. The highest BCUT2D eigenvalue weighted by atomic mass is 35.5. The Hall–Kier alpha value is -3.78. The molecule has 2 aromatic rings. The first-order chi connectivity index (χ1) is 19.3. The maximum absolute atomic E-state index is 12.8. The Balaban J connectivity index is 1.76. The fourth-order valence-electron chi connectivity index (χ4n) is 4.85. The number of rotatable bonds is 10. The Bertz CT molecular complexity index is 1270. The predicted octanol–water partition coefficient (Wildman–Crippen LogP) is 6.78. The van der Waals surface area contributed by atoms with Gasteiger partial charge in [0.2, 0.25) is 0 Å². The van der Waals surface area contributed by atoms with Crippen molar-refractivity contribution in [1.82, 2.24) is 10.2 Å². The van der Waals surface area contributed by atoms with Gasteiger partial charge in [0.25, 0.3) is 0 Å². The highest BCUT2D eigenvalue weighted by Crippen LogP contribution is 2.37. The number of hydrogen-bond acceptors (Lipinski definition) is 5. The molecule has 8 nitrogen and oxygen atoms in total. The van der Waals surface area contributed by atoms with Crippen LogP contribution in [0.5, 0.6) is 0 Å². The van der Waals surface area contributed by atoms with E-state index in [4.69, 9.17) is 21.1 Å². The molecule has 0 bridgehead atoms. The number of nitrogens with zero attached hydrogens (tertiary/aromatic N) is 1. The van der Waals surface area contributed by atoms with E-state index in [2.05, 4.69) is 11.9 Å². The lowest BCUT2D eigenvalue weighted by Crippen LogP contribution is -2.46. The van der Waals surface area contributed by atoms with Gasteiger partial charge in [-0.05, 0) is 75.3 Å². The summed E-state index contributed by atoms with van der Waals surface area (Å²) in [4.78, 5) is 39.6. The molecule has 0 radical (unpaired) electrons. The van der Waals surface area contributed by atoms with E-state index in [0.29, 0.717) is 11.5 Å². The lowest BCUT2D eigenvalue weighted by Gasteiger charge is -2.31. The number of halogens is 1. The second kappa shape index (κ2) is 13.7. The minimum atomic E-state index is -1.26. The van der Waals surface area contributed by atoms with Crippen molar-refractivity contribution in [3.05, 3.63) is 89.0 Å². The summed E-state index contributed by atoms with van der Waals surface area (Å²) in [6, 6.07) is 16.4. The van der Waals surface area contributed by atoms with Gasteiger partial charge in [0.1, 0.15) is 12.2 Å². The molecule has 2 amide bonds. The number of carbonyl (C=O) groups excluding carboxylic acids is 2. The molecule has 220 valence electrons. The Morgan fingerprint density at radius 3 is 2.37 bits per heavy atom. The topological polar surface area (TPSA) is 105 Å². The molecule has 1 aliphatic rings. The van der Waals surface area contributed by atoms with E-state index >= 15 is 0 Å². The first-order valence-electron chi connectivity index (χ1n) is 13.6. The van der Waals surface area contributed by atoms with Crippen LogP contribution in [-0.4, -0.2) is 52.9 Å². The van der Waals surface area contributed by atoms with Gasteiger partial charge < -0.3 is 24.8 Å². The molecule has 2 atom stereocenters. The number of allylic oxidation sites excluding steroid dienone is 3. The van der Waals surface area contributed by atoms with E-state index in [9.17, 15) is 19.5 Å². The van der Waals surface area contributed by atoms with Crippen LogP contribution in [0.2, 0.25) is 0 Å². The zero-order valence-electron chi connectivity index (χ0n) is 24.1. The number of alkyl carbamates (subject to hydrolysis) is 1. The van der Waals surface area contributed by atoms with Gasteiger partial charge in [0.15, 0.2) is 0 Å². The second-order valence-electron chi connectivity index (χ2n) is 11.5. The van der Waals surface area contributed by atoms with Crippen LogP contribution in [0.25, 0.3) is 5.57 Å². The summed E-state index contributed by atoms with van der Waals surface area (Å²) in [7, 11) is 0. The smallest absolute Gasteiger partial charge is 0.410 e. The summed E-state index contributed by atoms with van der Waals surface area (Å²) in [6.07, 6.45) is 1.28. The summed E-state index contributed by atoms with van der Waals surface area (Å²) < 4.78 is 10.9. The molecule has 2 aromatic carbocycles. The third kappa shape index (κ3) is 9.67. The first-order valence-corrected chi connectivity index (χ1v) is 13.9. The molecule has 0 saturated carbocycles. The number of likely N-dealkylation sites (tertiary alicyclic amines) is 1. The third-order valence-electron chi connectivity index (χ3n) is 6.81. The molecule has 1 aliphatic heterocycles. The van der Waals surface area contributed by atoms with Gasteiger partial charge in [-0.25, -0.2) is 9.59 Å².